The Kier molecular flexibility index (Phi) is 5.14. The second kappa shape index (κ2) is 7.88. The molecule has 7 heteroatoms. The zero-order valence-corrected chi connectivity index (χ0v) is 16.1. The Morgan fingerprint density at radius 3 is 2.71 bits per heavy atom. The van der Waals surface area contributed by atoms with Gasteiger partial charge >= 0.3 is 0 Å². The zero-order valence-electron chi connectivity index (χ0n) is 16.1. The Labute approximate surface area is 163 Å². The lowest BCUT2D eigenvalue weighted by Gasteiger charge is -2.32. The van der Waals surface area contributed by atoms with Crippen LogP contribution in [0.5, 0.6) is 0 Å². The molecular weight excluding hydrogens is 354 g/mol. The maximum atomic E-state index is 13.0. The summed E-state index contributed by atoms with van der Waals surface area (Å²) in [6, 6.07) is 9.33. The predicted molar refractivity (Wildman–Crippen MR) is 104 cm³/mol. The Bertz CT molecular complexity index is 937. The molecule has 0 N–H and O–H groups in total. The van der Waals surface area contributed by atoms with Crippen LogP contribution in [0, 0.1) is 0 Å². The van der Waals surface area contributed by atoms with E-state index in [0.29, 0.717) is 23.8 Å². The van der Waals surface area contributed by atoms with Crippen molar-refractivity contribution < 1.29 is 9.32 Å². The first-order valence-electron chi connectivity index (χ1n) is 9.61. The molecule has 0 spiro atoms. The van der Waals surface area contributed by atoms with Gasteiger partial charge in [0.25, 0.3) is 5.91 Å². The lowest BCUT2D eigenvalue weighted by Crippen LogP contribution is -2.39. The van der Waals surface area contributed by atoms with Gasteiger partial charge in [-0.15, -0.1) is 0 Å². The molecule has 0 unspecified atom stereocenters. The van der Waals surface area contributed by atoms with Crippen LogP contribution < -0.4 is 0 Å². The number of likely N-dealkylation sites (tertiary alicyclic amines) is 1. The van der Waals surface area contributed by atoms with E-state index in [1.165, 1.54) is 0 Å². The van der Waals surface area contributed by atoms with Crippen molar-refractivity contribution in [1.29, 1.82) is 0 Å². The van der Waals surface area contributed by atoms with Crippen LogP contribution >= 0.6 is 0 Å². The summed E-state index contributed by atoms with van der Waals surface area (Å²) in [6.07, 6.45) is 5.33. The molecule has 1 fully saturated rings. The maximum Gasteiger partial charge on any atom is 0.253 e. The van der Waals surface area contributed by atoms with Crippen molar-refractivity contribution in [3.05, 3.63) is 60.0 Å². The Morgan fingerprint density at radius 1 is 1.21 bits per heavy atom. The van der Waals surface area contributed by atoms with Crippen molar-refractivity contribution >= 4 is 5.91 Å². The smallest absolute Gasteiger partial charge is 0.253 e. The fraction of sp³-hybridized carbons (Fsp3) is 0.381. The fourth-order valence-corrected chi connectivity index (χ4v) is 3.48. The molecule has 0 aliphatic carbocycles. The number of carbonyl (C=O) groups is 1. The second-order valence-electron chi connectivity index (χ2n) is 7.41. The number of amides is 1. The summed E-state index contributed by atoms with van der Waals surface area (Å²) in [6.45, 7) is 5.46. The largest absolute Gasteiger partial charge is 0.339 e. The summed E-state index contributed by atoms with van der Waals surface area (Å²) >= 11 is 0. The molecule has 0 saturated carbocycles. The molecule has 7 nitrogen and oxygen atoms in total. The van der Waals surface area contributed by atoms with Crippen LogP contribution in [0.1, 0.15) is 60.5 Å². The van der Waals surface area contributed by atoms with Gasteiger partial charge in [0, 0.05) is 47.9 Å². The highest BCUT2D eigenvalue weighted by molar-refractivity contribution is 5.94. The highest BCUT2D eigenvalue weighted by Crippen LogP contribution is 2.27. The van der Waals surface area contributed by atoms with Gasteiger partial charge in [0.1, 0.15) is 6.33 Å². The van der Waals surface area contributed by atoms with E-state index in [4.69, 9.17) is 4.52 Å². The van der Waals surface area contributed by atoms with Gasteiger partial charge in [-0.05, 0) is 31.0 Å². The number of benzene rings is 1. The van der Waals surface area contributed by atoms with Gasteiger partial charge in [-0.1, -0.05) is 31.1 Å². The average molecular weight is 377 g/mol. The van der Waals surface area contributed by atoms with E-state index in [-0.39, 0.29) is 17.7 Å². The first-order valence-corrected chi connectivity index (χ1v) is 9.61. The molecule has 0 bridgehead atoms. The Morgan fingerprint density at radius 2 is 2.04 bits per heavy atom. The molecule has 0 radical (unpaired) electrons. The van der Waals surface area contributed by atoms with Crippen molar-refractivity contribution in [1.82, 2.24) is 25.0 Å². The number of aromatic nitrogens is 4. The predicted octanol–water partition coefficient (Wildman–Crippen LogP) is 3.67. The highest BCUT2D eigenvalue weighted by Gasteiger charge is 2.26. The molecule has 1 aliphatic heterocycles. The van der Waals surface area contributed by atoms with Gasteiger partial charge < -0.3 is 9.42 Å². The standard InChI is InChI=1S/C21H23N5O2/c1-14(2)20-24-19(25-28-20)15-5-7-16(8-6-15)21(27)26-11-3-4-17(12-26)18-9-10-22-13-23-18/h5-10,13-14,17H,3-4,11-12H2,1-2H3/t17-/m0/s1. The molecule has 28 heavy (non-hydrogen) atoms. The normalized spacial score (nSPS) is 17.1. The summed E-state index contributed by atoms with van der Waals surface area (Å²) in [7, 11) is 0. The molecular formula is C21H23N5O2. The number of rotatable bonds is 4. The van der Waals surface area contributed by atoms with E-state index in [0.717, 1.165) is 30.6 Å². The molecule has 1 atom stereocenters. The molecule has 3 aromatic rings. The van der Waals surface area contributed by atoms with Crippen molar-refractivity contribution in [2.75, 3.05) is 13.1 Å². The lowest BCUT2D eigenvalue weighted by molar-refractivity contribution is 0.0706. The van der Waals surface area contributed by atoms with Crippen LogP contribution in [0.25, 0.3) is 11.4 Å². The molecule has 1 amide bonds. The Hall–Kier alpha value is -3.09. The van der Waals surface area contributed by atoms with Gasteiger partial charge in [-0.2, -0.15) is 4.98 Å². The maximum absolute atomic E-state index is 13.0. The number of carbonyl (C=O) groups excluding carboxylic acids is 1. The summed E-state index contributed by atoms with van der Waals surface area (Å²) in [4.78, 5) is 27.6. The number of piperidine rings is 1. The van der Waals surface area contributed by atoms with Crippen molar-refractivity contribution in [3.63, 3.8) is 0 Å². The Balaban J connectivity index is 1.47. The molecule has 4 rings (SSSR count). The number of nitrogens with zero attached hydrogens (tertiary/aromatic N) is 5. The van der Waals surface area contributed by atoms with E-state index in [1.54, 1.807) is 12.5 Å². The zero-order chi connectivity index (χ0) is 19.5. The summed E-state index contributed by atoms with van der Waals surface area (Å²) < 4.78 is 5.26. The monoisotopic (exact) mass is 377 g/mol. The minimum absolute atomic E-state index is 0.0429. The van der Waals surface area contributed by atoms with Crippen molar-refractivity contribution in [2.45, 2.75) is 38.5 Å². The van der Waals surface area contributed by atoms with Crippen LogP contribution in [-0.4, -0.2) is 44.0 Å². The minimum Gasteiger partial charge on any atom is -0.339 e. The minimum atomic E-state index is 0.0429. The second-order valence-corrected chi connectivity index (χ2v) is 7.41. The fourth-order valence-electron chi connectivity index (χ4n) is 3.48. The first kappa shape index (κ1) is 18.3. The third-order valence-corrected chi connectivity index (χ3v) is 5.06. The van der Waals surface area contributed by atoms with Crippen LogP contribution in [0.4, 0.5) is 0 Å². The van der Waals surface area contributed by atoms with Gasteiger partial charge in [0.2, 0.25) is 11.7 Å². The SMILES string of the molecule is CC(C)c1nc(-c2ccc(C(=O)N3CCC[C@H](c4ccncn4)C3)cc2)no1. The number of hydrogen-bond acceptors (Lipinski definition) is 6. The summed E-state index contributed by atoms with van der Waals surface area (Å²) in [5.41, 5.74) is 2.50. The lowest BCUT2D eigenvalue weighted by atomic mass is 9.94. The summed E-state index contributed by atoms with van der Waals surface area (Å²) in [5, 5.41) is 4.02. The first-order chi connectivity index (χ1) is 13.6. The van der Waals surface area contributed by atoms with E-state index in [1.807, 2.05) is 49.1 Å². The highest BCUT2D eigenvalue weighted by atomic mass is 16.5. The molecule has 1 saturated heterocycles. The van der Waals surface area contributed by atoms with Crippen LogP contribution in [0.3, 0.4) is 0 Å². The van der Waals surface area contributed by atoms with E-state index in [2.05, 4.69) is 20.1 Å². The van der Waals surface area contributed by atoms with Gasteiger partial charge in [-0.3, -0.25) is 4.79 Å². The molecule has 1 aliphatic rings. The quantitative estimate of drug-likeness (QED) is 0.690. The average Bonchev–Trinajstić information content (AvgIpc) is 3.25. The third kappa shape index (κ3) is 3.78. The van der Waals surface area contributed by atoms with Gasteiger partial charge in [-0.25, -0.2) is 9.97 Å². The van der Waals surface area contributed by atoms with Gasteiger partial charge in [0.05, 0.1) is 0 Å². The van der Waals surface area contributed by atoms with Gasteiger partial charge in [0.15, 0.2) is 0 Å². The van der Waals surface area contributed by atoms with Crippen LogP contribution in [0.2, 0.25) is 0 Å². The van der Waals surface area contributed by atoms with E-state index < -0.39 is 0 Å². The number of hydrogen-bond donors (Lipinski definition) is 0. The molecule has 144 valence electrons. The van der Waals surface area contributed by atoms with E-state index in [9.17, 15) is 4.79 Å². The molecule has 3 heterocycles. The van der Waals surface area contributed by atoms with Crippen molar-refractivity contribution in [3.8, 4) is 11.4 Å². The molecule has 2 aromatic heterocycles. The van der Waals surface area contributed by atoms with Crippen molar-refractivity contribution in [2.24, 2.45) is 0 Å². The topological polar surface area (TPSA) is 85.0 Å². The van der Waals surface area contributed by atoms with Crippen LogP contribution in [0.15, 0.2) is 47.4 Å². The molecule has 1 aromatic carbocycles. The van der Waals surface area contributed by atoms with E-state index >= 15 is 0 Å². The summed E-state index contributed by atoms with van der Waals surface area (Å²) in [5.74, 6) is 1.64. The van der Waals surface area contributed by atoms with Crippen LogP contribution in [-0.2, 0) is 0 Å². The third-order valence-electron chi connectivity index (χ3n) is 5.06.